The van der Waals surface area contributed by atoms with Gasteiger partial charge in [0, 0.05) is 5.69 Å². The molecule has 2 rings (SSSR count). The molecule has 1 amide bonds. The van der Waals surface area contributed by atoms with Crippen LogP contribution in [0.25, 0.3) is 0 Å². The van der Waals surface area contributed by atoms with Crippen molar-refractivity contribution in [3.05, 3.63) is 53.6 Å². The second-order valence-corrected chi connectivity index (χ2v) is 5.34. The summed E-state index contributed by atoms with van der Waals surface area (Å²) in [5.41, 5.74) is 4.23. The summed E-state index contributed by atoms with van der Waals surface area (Å²) in [6.45, 7) is 5.93. The Balaban J connectivity index is 2.22. The van der Waals surface area contributed by atoms with E-state index < -0.39 is 0 Å². The van der Waals surface area contributed by atoms with Gasteiger partial charge in [-0.15, -0.1) is 0 Å². The molecule has 0 saturated carbocycles. The molecule has 2 aromatic carbocycles. The number of nitrogens with one attached hydrogen (secondary N) is 1. The van der Waals surface area contributed by atoms with Crippen LogP contribution in [0, 0.1) is 13.8 Å². The molecule has 0 aliphatic carbocycles. The number of carbonyl (C=O) groups excluding carboxylic acids is 1. The van der Waals surface area contributed by atoms with Gasteiger partial charge >= 0.3 is 0 Å². The number of nitrogens with zero attached hydrogens (tertiary/aromatic N) is 1. The van der Waals surface area contributed by atoms with Gasteiger partial charge < -0.3 is 10.1 Å². The molecule has 23 heavy (non-hydrogen) atoms. The highest BCUT2D eigenvalue weighted by molar-refractivity contribution is 6.43. The van der Waals surface area contributed by atoms with Gasteiger partial charge in [0.1, 0.15) is 11.5 Å². The van der Waals surface area contributed by atoms with E-state index in [0.29, 0.717) is 12.1 Å². The van der Waals surface area contributed by atoms with E-state index >= 15 is 0 Å². The van der Waals surface area contributed by atoms with Gasteiger partial charge in [-0.1, -0.05) is 25.1 Å². The van der Waals surface area contributed by atoms with Crippen LogP contribution in [0.1, 0.15) is 24.5 Å². The number of para-hydroxylation sites is 1. The van der Waals surface area contributed by atoms with E-state index in [1.165, 1.54) is 0 Å². The van der Waals surface area contributed by atoms with Crippen molar-refractivity contribution in [2.24, 2.45) is 4.99 Å². The van der Waals surface area contributed by atoms with Gasteiger partial charge in [0.2, 0.25) is 0 Å². The maximum atomic E-state index is 12.5. The molecule has 0 spiro atoms. The van der Waals surface area contributed by atoms with Crippen LogP contribution in [-0.4, -0.2) is 18.7 Å². The van der Waals surface area contributed by atoms with Crippen molar-refractivity contribution in [3.8, 4) is 5.75 Å². The average molecular weight is 310 g/mol. The standard InChI is InChI=1S/C19H22N2O2/c1-5-17(21-18-13(2)7-6-8-14(18)3)19(22)20-15-9-11-16(23-4)12-10-15/h6-12H,5H2,1-4H3,(H,20,22). The molecule has 0 saturated heterocycles. The van der Waals surface area contributed by atoms with Crippen LogP contribution in [0.3, 0.4) is 0 Å². The Labute approximate surface area is 137 Å². The molecule has 0 unspecified atom stereocenters. The SMILES string of the molecule is CCC(=Nc1c(C)cccc1C)C(=O)Nc1ccc(OC)cc1. The number of hydrogen-bond acceptors (Lipinski definition) is 3. The molecule has 0 aliphatic heterocycles. The lowest BCUT2D eigenvalue weighted by molar-refractivity contribution is -0.110. The average Bonchev–Trinajstić information content (AvgIpc) is 2.55. The number of ether oxygens (including phenoxy) is 1. The van der Waals surface area contributed by atoms with Crippen molar-refractivity contribution >= 4 is 23.0 Å². The third-order valence-corrected chi connectivity index (χ3v) is 3.63. The van der Waals surface area contributed by atoms with Gasteiger partial charge in [0.05, 0.1) is 12.8 Å². The molecule has 0 radical (unpaired) electrons. The highest BCUT2D eigenvalue weighted by Crippen LogP contribution is 2.24. The van der Waals surface area contributed by atoms with Gasteiger partial charge in [-0.05, 0) is 55.7 Å². The molecule has 0 aliphatic rings. The Morgan fingerprint density at radius 2 is 1.70 bits per heavy atom. The fourth-order valence-corrected chi connectivity index (χ4v) is 2.28. The van der Waals surface area contributed by atoms with Crippen LogP contribution in [0.2, 0.25) is 0 Å². The number of aryl methyl sites for hydroxylation is 2. The first-order valence-corrected chi connectivity index (χ1v) is 7.64. The lowest BCUT2D eigenvalue weighted by Gasteiger charge is -2.10. The van der Waals surface area contributed by atoms with Gasteiger partial charge in [0.25, 0.3) is 5.91 Å². The first-order chi connectivity index (χ1) is 11.0. The van der Waals surface area contributed by atoms with E-state index in [0.717, 1.165) is 28.3 Å². The summed E-state index contributed by atoms with van der Waals surface area (Å²) >= 11 is 0. The number of amides is 1. The Bertz CT molecular complexity index is 698. The highest BCUT2D eigenvalue weighted by atomic mass is 16.5. The minimum absolute atomic E-state index is 0.180. The monoisotopic (exact) mass is 310 g/mol. The lowest BCUT2D eigenvalue weighted by Crippen LogP contribution is -2.22. The van der Waals surface area contributed by atoms with Crippen LogP contribution >= 0.6 is 0 Å². The Hall–Kier alpha value is -2.62. The van der Waals surface area contributed by atoms with Gasteiger partial charge in [0.15, 0.2) is 0 Å². The van der Waals surface area contributed by atoms with Crippen LogP contribution in [0.15, 0.2) is 47.5 Å². The predicted octanol–water partition coefficient (Wildman–Crippen LogP) is 4.43. The third-order valence-electron chi connectivity index (χ3n) is 3.63. The zero-order valence-electron chi connectivity index (χ0n) is 14.0. The fourth-order valence-electron chi connectivity index (χ4n) is 2.28. The maximum Gasteiger partial charge on any atom is 0.270 e. The zero-order valence-corrected chi connectivity index (χ0v) is 14.0. The van der Waals surface area contributed by atoms with Gasteiger partial charge in [-0.25, -0.2) is 4.99 Å². The minimum Gasteiger partial charge on any atom is -0.497 e. The summed E-state index contributed by atoms with van der Waals surface area (Å²) < 4.78 is 5.11. The van der Waals surface area contributed by atoms with Crippen LogP contribution in [-0.2, 0) is 4.79 Å². The molecule has 120 valence electrons. The number of rotatable bonds is 5. The van der Waals surface area contributed by atoms with Crippen molar-refractivity contribution in [1.29, 1.82) is 0 Å². The Kier molecular flexibility index (Phi) is 5.52. The van der Waals surface area contributed by atoms with Crippen molar-refractivity contribution < 1.29 is 9.53 Å². The normalized spacial score (nSPS) is 11.2. The first kappa shape index (κ1) is 16.7. The smallest absolute Gasteiger partial charge is 0.270 e. The van der Waals surface area contributed by atoms with E-state index in [1.807, 2.05) is 63.2 Å². The van der Waals surface area contributed by atoms with Crippen LogP contribution in [0.4, 0.5) is 11.4 Å². The number of carbonyl (C=O) groups is 1. The minimum atomic E-state index is -0.180. The number of benzene rings is 2. The number of anilines is 1. The first-order valence-electron chi connectivity index (χ1n) is 7.64. The summed E-state index contributed by atoms with van der Waals surface area (Å²) in [6, 6.07) is 13.2. The van der Waals surface area contributed by atoms with Crippen LogP contribution < -0.4 is 10.1 Å². The van der Waals surface area contributed by atoms with Crippen molar-refractivity contribution in [3.63, 3.8) is 0 Å². The lowest BCUT2D eigenvalue weighted by atomic mass is 10.1. The quantitative estimate of drug-likeness (QED) is 0.830. The van der Waals surface area contributed by atoms with E-state index in [4.69, 9.17) is 4.74 Å². The Morgan fingerprint density at radius 3 is 2.22 bits per heavy atom. The second kappa shape index (κ2) is 7.58. The highest BCUT2D eigenvalue weighted by Gasteiger charge is 2.11. The summed E-state index contributed by atoms with van der Waals surface area (Å²) in [7, 11) is 1.61. The summed E-state index contributed by atoms with van der Waals surface area (Å²) in [5, 5.41) is 2.88. The molecule has 4 heteroatoms. The fraction of sp³-hybridized carbons (Fsp3) is 0.263. The van der Waals surface area contributed by atoms with Gasteiger partial charge in [-0.3, -0.25) is 4.79 Å². The Morgan fingerprint density at radius 1 is 1.09 bits per heavy atom. The van der Waals surface area contributed by atoms with E-state index in [1.54, 1.807) is 7.11 Å². The largest absolute Gasteiger partial charge is 0.497 e. The van der Waals surface area contributed by atoms with Gasteiger partial charge in [-0.2, -0.15) is 0 Å². The van der Waals surface area contributed by atoms with E-state index in [-0.39, 0.29) is 5.91 Å². The van der Waals surface area contributed by atoms with E-state index in [2.05, 4.69) is 10.3 Å². The van der Waals surface area contributed by atoms with Crippen molar-refractivity contribution in [1.82, 2.24) is 0 Å². The molecule has 0 atom stereocenters. The molecule has 2 aromatic rings. The second-order valence-electron chi connectivity index (χ2n) is 5.34. The molecular formula is C19H22N2O2. The summed E-state index contributed by atoms with van der Waals surface area (Å²) in [4.78, 5) is 17.0. The number of methoxy groups -OCH3 is 1. The molecule has 0 bridgehead atoms. The molecular weight excluding hydrogens is 288 g/mol. The summed E-state index contributed by atoms with van der Waals surface area (Å²) in [5.74, 6) is 0.572. The van der Waals surface area contributed by atoms with Crippen molar-refractivity contribution in [2.75, 3.05) is 12.4 Å². The molecule has 0 fully saturated rings. The summed E-state index contributed by atoms with van der Waals surface area (Å²) in [6.07, 6.45) is 0.565. The van der Waals surface area contributed by atoms with Crippen LogP contribution in [0.5, 0.6) is 5.75 Å². The predicted molar refractivity (Wildman–Crippen MR) is 94.9 cm³/mol. The topological polar surface area (TPSA) is 50.7 Å². The number of aliphatic imine (C=N–C) groups is 1. The zero-order chi connectivity index (χ0) is 16.8. The van der Waals surface area contributed by atoms with E-state index in [9.17, 15) is 4.79 Å². The molecule has 1 N–H and O–H groups in total. The molecule has 0 aromatic heterocycles. The third kappa shape index (κ3) is 4.19. The maximum absolute atomic E-state index is 12.5. The molecule has 4 nitrogen and oxygen atoms in total. The molecule has 0 heterocycles. The van der Waals surface area contributed by atoms with Crippen molar-refractivity contribution in [2.45, 2.75) is 27.2 Å². The number of hydrogen-bond donors (Lipinski definition) is 1.